The minimum atomic E-state index is -3.51. The van der Waals surface area contributed by atoms with Crippen molar-refractivity contribution in [3.63, 3.8) is 0 Å². The molecular formula is C11H16N2O3S. The molecular weight excluding hydrogens is 240 g/mol. The van der Waals surface area contributed by atoms with Crippen LogP contribution in [0.2, 0.25) is 0 Å². The Bertz CT molecular complexity index is 513. The summed E-state index contributed by atoms with van der Waals surface area (Å²) in [6.07, 6.45) is 3.37. The molecule has 0 amide bonds. The van der Waals surface area contributed by atoms with Crippen LogP contribution in [-0.2, 0) is 10.0 Å². The molecule has 1 fully saturated rings. The van der Waals surface area contributed by atoms with E-state index in [-0.39, 0.29) is 10.9 Å². The van der Waals surface area contributed by atoms with E-state index in [1.54, 1.807) is 19.9 Å². The highest BCUT2D eigenvalue weighted by Crippen LogP contribution is 2.29. The van der Waals surface area contributed by atoms with Crippen molar-refractivity contribution in [2.45, 2.75) is 37.6 Å². The minimum absolute atomic E-state index is 0.117. The molecule has 17 heavy (non-hydrogen) atoms. The maximum atomic E-state index is 12.5. The van der Waals surface area contributed by atoms with Crippen molar-refractivity contribution in [1.82, 2.24) is 9.46 Å². The average molecular weight is 256 g/mol. The lowest BCUT2D eigenvalue weighted by molar-refractivity contribution is 0.389. The molecule has 6 heteroatoms. The monoisotopic (exact) mass is 256 g/mol. The third kappa shape index (κ3) is 1.91. The zero-order valence-electron chi connectivity index (χ0n) is 10.0. The smallest absolute Gasteiger partial charge is 0.249 e. The number of hydrogen-bond acceptors (Lipinski definition) is 4. The van der Waals surface area contributed by atoms with Crippen molar-refractivity contribution in [3.05, 3.63) is 24.1 Å². The molecule has 1 aromatic rings. The van der Waals surface area contributed by atoms with Gasteiger partial charge in [-0.2, -0.15) is 4.31 Å². The standard InChI is InChI=1S/C11H16N2O3S/c1-4-10-6-5-7-13(10)17(14,15)11-8(2)12-16-9(11)3/h4,10H,1,5-7H2,2-3H3/t10-/m0/s1. The van der Waals surface area contributed by atoms with Gasteiger partial charge < -0.3 is 4.52 Å². The topological polar surface area (TPSA) is 63.4 Å². The van der Waals surface area contributed by atoms with Crippen LogP contribution < -0.4 is 0 Å². The fourth-order valence-corrected chi connectivity index (χ4v) is 4.22. The SMILES string of the molecule is C=C[C@H]1CCCN1S(=O)(=O)c1c(C)noc1C. The maximum Gasteiger partial charge on any atom is 0.249 e. The van der Waals surface area contributed by atoms with Crippen molar-refractivity contribution < 1.29 is 12.9 Å². The first-order valence-electron chi connectivity index (χ1n) is 5.55. The lowest BCUT2D eigenvalue weighted by atomic mass is 10.2. The van der Waals surface area contributed by atoms with E-state index in [9.17, 15) is 8.42 Å². The maximum absolute atomic E-state index is 12.5. The number of aromatic nitrogens is 1. The van der Waals surface area contributed by atoms with Gasteiger partial charge in [0.15, 0.2) is 5.76 Å². The van der Waals surface area contributed by atoms with E-state index in [4.69, 9.17) is 4.52 Å². The molecule has 0 radical (unpaired) electrons. The van der Waals surface area contributed by atoms with E-state index in [1.165, 1.54) is 4.31 Å². The second-order valence-electron chi connectivity index (χ2n) is 4.21. The van der Waals surface area contributed by atoms with Gasteiger partial charge in [-0.15, -0.1) is 6.58 Å². The summed E-state index contributed by atoms with van der Waals surface area (Å²) in [5, 5.41) is 3.70. The lowest BCUT2D eigenvalue weighted by Crippen LogP contribution is -2.34. The van der Waals surface area contributed by atoms with Crippen molar-refractivity contribution >= 4 is 10.0 Å². The van der Waals surface area contributed by atoms with Crippen molar-refractivity contribution in [2.24, 2.45) is 0 Å². The van der Waals surface area contributed by atoms with Crippen LogP contribution in [0.3, 0.4) is 0 Å². The van der Waals surface area contributed by atoms with Gasteiger partial charge in [0.25, 0.3) is 0 Å². The zero-order chi connectivity index (χ0) is 12.6. The average Bonchev–Trinajstić information content (AvgIpc) is 2.85. The first-order valence-corrected chi connectivity index (χ1v) is 6.99. The molecule has 1 atom stereocenters. The molecule has 2 rings (SSSR count). The third-order valence-corrected chi connectivity index (χ3v) is 5.22. The molecule has 0 N–H and O–H groups in total. The predicted molar refractivity (Wildman–Crippen MR) is 63.1 cm³/mol. The van der Waals surface area contributed by atoms with E-state index < -0.39 is 10.0 Å². The molecule has 1 aliphatic heterocycles. The van der Waals surface area contributed by atoms with Crippen LogP contribution in [0.5, 0.6) is 0 Å². The van der Waals surface area contributed by atoms with Gasteiger partial charge in [-0.25, -0.2) is 8.42 Å². The van der Waals surface area contributed by atoms with Crippen LogP contribution in [0.25, 0.3) is 0 Å². The Morgan fingerprint density at radius 1 is 1.53 bits per heavy atom. The normalized spacial score (nSPS) is 21.9. The van der Waals surface area contributed by atoms with Crippen LogP contribution in [0.4, 0.5) is 0 Å². The molecule has 0 saturated carbocycles. The summed E-state index contributed by atoms with van der Waals surface area (Å²) in [6.45, 7) is 7.48. The molecule has 0 unspecified atom stereocenters. The van der Waals surface area contributed by atoms with Gasteiger partial charge in [-0.1, -0.05) is 11.2 Å². The Hall–Kier alpha value is -1.14. The Balaban J connectivity index is 2.47. The van der Waals surface area contributed by atoms with Gasteiger partial charge in [0.2, 0.25) is 10.0 Å². The van der Waals surface area contributed by atoms with Gasteiger partial charge in [-0.05, 0) is 26.7 Å². The van der Waals surface area contributed by atoms with E-state index >= 15 is 0 Å². The van der Waals surface area contributed by atoms with Gasteiger partial charge >= 0.3 is 0 Å². The highest BCUT2D eigenvalue weighted by Gasteiger charge is 2.37. The first-order chi connectivity index (χ1) is 7.98. The van der Waals surface area contributed by atoms with E-state index in [0.717, 1.165) is 12.8 Å². The van der Waals surface area contributed by atoms with Crippen LogP contribution in [0.1, 0.15) is 24.3 Å². The molecule has 94 valence electrons. The number of aryl methyl sites for hydroxylation is 2. The van der Waals surface area contributed by atoms with Gasteiger partial charge in [-0.3, -0.25) is 0 Å². The molecule has 1 aromatic heterocycles. The number of hydrogen-bond donors (Lipinski definition) is 0. The summed E-state index contributed by atoms with van der Waals surface area (Å²) in [5.74, 6) is 0.345. The van der Waals surface area contributed by atoms with Crippen LogP contribution >= 0.6 is 0 Å². The minimum Gasteiger partial charge on any atom is -0.360 e. The summed E-state index contributed by atoms with van der Waals surface area (Å²) in [5.41, 5.74) is 0.414. The molecule has 0 aromatic carbocycles. The molecule has 1 saturated heterocycles. The summed E-state index contributed by atoms with van der Waals surface area (Å²) in [4.78, 5) is 0.200. The van der Waals surface area contributed by atoms with Crippen LogP contribution in [0, 0.1) is 13.8 Å². The van der Waals surface area contributed by atoms with Gasteiger partial charge in [0.05, 0.1) is 0 Å². The highest BCUT2D eigenvalue weighted by molar-refractivity contribution is 7.89. The molecule has 5 nitrogen and oxygen atoms in total. The van der Waals surface area contributed by atoms with Gasteiger partial charge in [0.1, 0.15) is 10.6 Å². The van der Waals surface area contributed by atoms with E-state index in [1.807, 2.05) is 0 Å². The second kappa shape index (κ2) is 4.27. The van der Waals surface area contributed by atoms with E-state index in [0.29, 0.717) is 18.0 Å². The first kappa shape index (κ1) is 12.3. The summed E-state index contributed by atoms with van der Waals surface area (Å²) in [7, 11) is -3.51. The summed E-state index contributed by atoms with van der Waals surface area (Å²) < 4.78 is 31.4. The Morgan fingerprint density at radius 2 is 2.24 bits per heavy atom. The van der Waals surface area contributed by atoms with Crippen LogP contribution in [0.15, 0.2) is 22.1 Å². The second-order valence-corrected chi connectivity index (χ2v) is 6.04. The quantitative estimate of drug-likeness (QED) is 0.771. The Morgan fingerprint density at radius 3 is 2.76 bits per heavy atom. The number of nitrogens with zero attached hydrogens (tertiary/aromatic N) is 2. The largest absolute Gasteiger partial charge is 0.360 e. The molecule has 2 heterocycles. The van der Waals surface area contributed by atoms with Gasteiger partial charge in [0, 0.05) is 12.6 Å². The fourth-order valence-electron chi connectivity index (χ4n) is 2.26. The summed E-state index contributed by atoms with van der Waals surface area (Å²) in [6, 6.07) is -0.117. The fraction of sp³-hybridized carbons (Fsp3) is 0.545. The highest BCUT2D eigenvalue weighted by atomic mass is 32.2. The predicted octanol–water partition coefficient (Wildman–Crippen LogP) is 1.63. The lowest BCUT2D eigenvalue weighted by Gasteiger charge is -2.20. The summed E-state index contributed by atoms with van der Waals surface area (Å²) >= 11 is 0. The number of sulfonamides is 1. The van der Waals surface area contributed by atoms with Crippen LogP contribution in [-0.4, -0.2) is 30.5 Å². The third-order valence-electron chi connectivity index (χ3n) is 3.05. The Labute approximate surface area is 101 Å². The molecule has 0 bridgehead atoms. The molecule has 1 aliphatic rings. The Kier molecular flexibility index (Phi) is 3.09. The zero-order valence-corrected chi connectivity index (χ0v) is 10.8. The van der Waals surface area contributed by atoms with Crippen molar-refractivity contribution in [2.75, 3.05) is 6.54 Å². The van der Waals surface area contributed by atoms with E-state index in [2.05, 4.69) is 11.7 Å². The molecule has 0 spiro atoms. The van der Waals surface area contributed by atoms with Crippen molar-refractivity contribution in [3.8, 4) is 0 Å². The van der Waals surface area contributed by atoms with Crippen molar-refractivity contribution in [1.29, 1.82) is 0 Å². The number of rotatable bonds is 3. The molecule has 0 aliphatic carbocycles.